The van der Waals surface area contributed by atoms with Crippen molar-refractivity contribution in [3.05, 3.63) is 0 Å². The molecule has 5 heteroatoms. The highest BCUT2D eigenvalue weighted by Crippen LogP contribution is 2.77. The summed E-state index contributed by atoms with van der Waals surface area (Å²) in [6.07, 6.45) is 7.60. The zero-order valence-corrected chi connectivity index (χ0v) is 22.1. The van der Waals surface area contributed by atoms with E-state index in [4.69, 9.17) is 4.74 Å². The van der Waals surface area contributed by atoms with E-state index < -0.39 is 23.5 Å². The summed E-state index contributed by atoms with van der Waals surface area (Å²) < 4.78 is 6.15. The Morgan fingerprint density at radius 3 is 2.18 bits per heavy atom. The number of Topliss-reactive ketones (excluding diaryl/α,β-unsaturated/α-hetero) is 1. The highest BCUT2D eigenvalue weighted by Gasteiger charge is 2.76. The van der Waals surface area contributed by atoms with Crippen molar-refractivity contribution in [1.29, 1.82) is 0 Å². The van der Waals surface area contributed by atoms with Gasteiger partial charge >= 0.3 is 5.97 Å². The molecule has 0 amide bonds. The lowest BCUT2D eigenvalue weighted by molar-refractivity contribution is -0.323. The third-order valence-electron chi connectivity index (χ3n) is 12.6. The van der Waals surface area contributed by atoms with Crippen molar-refractivity contribution in [3.63, 3.8) is 0 Å². The van der Waals surface area contributed by atoms with Gasteiger partial charge in [0.2, 0.25) is 0 Å². The highest BCUT2D eigenvalue weighted by atomic mass is 16.5. The van der Waals surface area contributed by atoms with Crippen LogP contribution in [-0.2, 0) is 14.3 Å². The van der Waals surface area contributed by atoms with Gasteiger partial charge in [-0.2, -0.15) is 0 Å². The molecule has 5 aliphatic rings. The van der Waals surface area contributed by atoms with E-state index in [2.05, 4.69) is 27.7 Å². The second-order valence-electron chi connectivity index (χ2n) is 13.8. The zero-order valence-electron chi connectivity index (χ0n) is 22.1. The van der Waals surface area contributed by atoms with Gasteiger partial charge in [0, 0.05) is 24.2 Å². The van der Waals surface area contributed by atoms with Gasteiger partial charge in [0.25, 0.3) is 0 Å². The molecule has 5 saturated carbocycles. The molecule has 12 atom stereocenters. The predicted octanol–water partition coefficient (Wildman–Crippen LogP) is 4.91. The molecule has 0 radical (unpaired) electrons. The normalized spacial score (nSPS) is 56.1. The number of hydrogen-bond acceptors (Lipinski definition) is 5. The van der Waals surface area contributed by atoms with Crippen LogP contribution in [0.1, 0.15) is 99.3 Å². The summed E-state index contributed by atoms with van der Waals surface area (Å²) in [6.45, 7) is 12.8. The molecule has 0 saturated heterocycles. The van der Waals surface area contributed by atoms with Gasteiger partial charge in [0.1, 0.15) is 11.9 Å². The van der Waals surface area contributed by atoms with Crippen molar-refractivity contribution in [2.45, 2.75) is 118 Å². The van der Waals surface area contributed by atoms with Gasteiger partial charge < -0.3 is 14.9 Å². The first-order valence-electron chi connectivity index (χ1n) is 13.9. The number of aliphatic hydroxyl groups excluding tert-OH is 2. The molecule has 1 spiro atoms. The molecule has 5 nitrogen and oxygen atoms in total. The van der Waals surface area contributed by atoms with Crippen LogP contribution >= 0.6 is 0 Å². The fourth-order valence-corrected chi connectivity index (χ4v) is 11.3. The van der Waals surface area contributed by atoms with E-state index in [9.17, 15) is 19.8 Å². The summed E-state index contributed by atoms with van der Waals surface area (Å²) in [7, 11) is 0. The number of aliphatic hydroxyl groups is 2. The summed E-state index contributed by atoms with van der Waals surface area (Å²) in [5, 5.41) is 22.2. The number of esters is 1. The molecule has 192 valence electrons. The SMILES string of the molecule is CC[C@@]1(C)CCC[C@]2(C)[C@H]3C[C@H](OC(C)=O)[C@]45C[C@@H](O)[C@H]4[C@H](C(C)=O)[C@@H](O)C[C@H]5[C@]3(C)CC[C@@H]12. The Balaban J connectivity index is 1.62. The van der Waals surface area contributed by atoms with Crippen LogP contribution in [0, 0.1) is 51.2 Å². The Kier molecular flexibility index (Phi) is 5.66. The minimum absolute atomic E-state index is 0.00895. The summed E-state index contributed by atoms with van der Waals surface area (Å²) in [6, 6.07) is 0. The first-order chi connectivity index (χ1) is 15.8. The summed E-state index contributed by atoms with van der Waals surface area (Å²) >= 11 is 0. The monoisotopic (exact) mass is 474 g/mol. The smallest absolute Gasteiger partial charge is 0.302 e. The Labute approximate surface area is 205 Å². The van der Waals surface area contributed by atoms with Gasteiger partial charge in [0.15, 0.2) is 0 Å². The number of hydrogen-bond donors (Lipinski definition) is 2. The number of fused-ring (bicyclic) bond motifs is 4. The van der Waals surface area contributed by atoms with E-state index in [0.717, 1.165) is 12.8 Å². The molecule has 5 fully saturated rings. The molecule has 2 N–H and O–H groups in total. The van der Waals surface area contributed by atoms with E-state index in [0.29, 0.717) is 30.1 Å². The summed E-state index contributed by atoms with van der Waals surface area (Å²) in [5.41, 5.74) is 0.129. The van der Waals surface area contributed by atoms with Crippen molar-refractivity contribution < 1.29 is 24.5 Å². The van der Waals surface area contributed by atoms with E-state index in [1.807, 2.05) is 0 Å². The van der Waals surface area contributed by atoms with Gasteiger partial charge in [-0.05, 0) is 85.9 Å². The predicted molar refractivity (Wildman–Crippen MR) is 130 cm³/mol. The minimum atomic E-state index is -0.734. The second-order valence-corrected chi connectivity index (χ2v) is 13.8. The fourth-order valence-electron chi connectivity index (χ4n) is 11.3. The lowest BCUT2D eigenvalue weighted by Crippen LogP contribution is -2.76. The molecular formula is C29H46O5. The number of ketones is 1. The third-order valence-corrected chi connectivity index (χ3v) is 12.6. The van der Waals surface area contributed by atoms with E-state index in [-0.39, 0.29) is 40.5 Å². The van der Waals surface area contributed by atoms with Crippen molar-refractivity contribution in [2.24, 2.45) is 51.2 Å². The van der Waals surface area contributed by atoms with Gasteiger partial charge in [-0.15, -0.1) is 0 Å². The first-order valence-corrected chi connectivity index (χ1v) is 13.9. The van der Waals surface area contributed by atoms with Crippen molar-refractivity contribution >= 4 is 11.8 Å². The lowest BCUT2D eigenvalue weighted by Gasteiger charge is -2.76. The molecule has 0 aromatic rings. The molecule has 0 aromatic heterocycles. The largest absolute Gasteiger partial charge is 0.462 e. The zero-order chi connectivity index (χ0) is 24.8. The average Bonchev–Trinajstić information content (AvgIpc) is 2.74. The van der Waals surface area contributed by atoms with Crippen LogP contribution in [0.2, 0.25) is 0 Å². The van der Waals surface area contributed by atoms with Crippen LogP contribution in [0.4, 0.5) is 0 Å². The quantitative estimate of drug-likeness (QED) is 0.568. The van der Waals surface area contributed by atoms with E-state index in [1.165, 1.54) is 39.0 Å². The summed E-state index contributed by atoms with van der Waals surface area (Å²) in [4.78, 5) is 25.0. The topological polar surface area (TPSA) is 83.8 Å². The van der Waals surface area contributed by atoms with Crippen LogP contribution in [0.5, 0.6) is 0 Å². The van der Waals surface area contributed by atoms with Gasteiger partial charge in [-0.1, -0.05) is 40.5 Å². The number of rotatable bonds is 3. The number of carbonyl (C=O) groups excluding carboxylic acids is 2. The molecular weight excluding hydrogens is 428 g/mol. The van der Waals surface area contributed by atoms with Crippen molar-refractivity contribution in [3.8, 4) is 0 Å². The highest BCUT2D eigenvalue weighted by molar-refractivity contribution is 5.80. The molecule has 0 unspecified atom stereocenters. The third kappa shape index (κ3) is 2.98. The Bertz CT molecular complexity index is 871. The van der Waals surface area contributed by atoms with Crippen molar-refractivity contribution in [1.82, 2.24) is 0 Å². The maximum absolute atomic E-state index is 12.7. The fraction of sp³-hybridized carbons (Fsp3) is 0.931. The van der Waals surface area contributed by atoms with Gasteiger partial charge in [0.05, 0.1) is 12.2 Å². The number of carbonyl (C=O) groups is 2. The molecule has 0 bridgehead atoms. The molecule has 5 aliphatic carbocycles. The molecule has 5 rings (SSSR count). The van der Waals surface area contributed by atoms with Crippen LogP contribution < -0.4 is 0 Å². The van der Waals surface area contributed by atoms with Gasteiger partial charge in [-0.25, -0.2) is 0 Å². The Morgan fingerprint density at radius 2 is 1.59 bits per heavy atom. The van der Waals surface area contributed by atoms with Crippen LogP contribution in [0.15, 0.2) is 0 Å². The maximum atomic E-state index is 12.7. The minimum Gasteiger partial charge on any atom is -0.462 e. The van der Waals surface area contributed by atoms with Crippen LogP contribution in [0.3, 0.4) is 0 Å². The molecule has 0 heterocycles. The van der Waals surface area contributed by atoms with E-state index in [1.54, 1.807) is 6.92 Å². The Hall–Kier alpha value is -0.940. The molecule has 0 aliphatic heterocycles. The first kappa shape index (κ1) is 24.7. The van der Waals surface area contributed by atoms with Crippen molar-refractivity contribution in [2.75, 3.05) is 0 Å². The summed E-state index contributed by atoms with van der Waals surface area (Å²) in [5.74, 6) is 0.00235. The number of ether oxygens (including phenoxy) is 1. The van der Waals surface area contributed by atoms with E-state index >= 15 is 0 Å². The maximum Gasteiger partial charge on any atom is 0.302 e. The van der Waals surface area contributed by atoms with Gasteiger partial charge in [-0.3, -0.25) is 9.59 Å². The second kappa shape index (κ2) is 7.78. The van der Waals surface area contributed by atoms with Crippen LogP contribution in [-0.4, -0.2) is 40.3 Å². The lowest BCUT2D eigenvalue weighted by atomic mass is 9.29. The van der Waals surface area contributed by atoms with Crippen LogP contribution in [0.25, 0.3) is 0 Å². The standard InChI is InChI=1S/C29H46O5/c1-7-26(4)10-8-11-27(5)20(26)9-12-28(6)21(27)14-23(34-17(3)31)29-15-19(33)25(29)24(16(2)30)18(32)13-22(28)29/h18-25,32-33H,7-15H2,1-6H3/t18-,19+,20-,21+,22-,23-,24+,25-,26-,27-,28+,29+/m0/s1. The average molecular weight is 475 g/mol. The Morgan fingerprint density at radius 1 is 0.912 bits per heavy atom. The molecule has 34 heavy (non-hydrogen) atoms. The molecule has 0 aromatic carbocycles.